The van der Waals surface area contributed by atoms with Crippen molar-refractivity contribution in [2.75, 3.05) is 0 Å². The fourth-order valence-electron chi connectivity index (χ4n) is 7.27. The summed E-state index contributed by atoms with van der Waals surface area (Å²) in [5.74, 6) is 0. The summed E-state index contributed by atoms with van der Waals surface area (Å²) in [7, 11) is 0. The van der Waals surface area contributed by atoms with Gasteiger partial charge in [-0.1, -0.05) is 15.9 Å². The number of fused-ring (bicyclic) bond motifs is 1. The molecule has 8 heteroatoms. The second-order valence-corrected chi connectivity index (χ2v) is 15.8. The van der Waals surface area contributed by atoms with Crippen LogP contribution in [0.3, 0.4) is 0 Å². The topological polar surface area (TPSA) is 97.6 Å². The average Bonchev–Trinajstić information content (AvgIpc) is 3.23. The van der Waals surface area contributed by atoms with Crippen LogP contribution in [-0.4, -0.2) is 84.3 Å². The maximum Gasteiger partial charge on any atom is 0.0923 e. The molecule has 0 aromatic rings. The number of alkyl halides is 1. The van der Waals surface area contributed by atoms with Gasteiger partial charge < -0.3 is 34.3 Å². The SMILES string of the molecule is CC(C)(O)[C@H]1CC[C@](C)([C@H](O)CC[C@](C)(O)C2CC[C@@H]3O[C@H]([C@@]4(C)CC[C@H](Br)C(C)(C)O4)CC[C@@]3(C)O2)O1. The Morgan fingerprint density at radius 1 is 0.816 bits per heavy atom. The van der Waals surface area contributed by atoms with Gasteiger partial charge in [0.25, 0.3) is 0 Å². The predicted octanol–water partition coefficient (Wildman–Crippen LogP) is 5.18. The van der Waals surface area contributed by atoms with Crippen LogP contribution in [0.4, 0.5) is 0 Å². The highest BCUT2D eigenvalue weighted by molar-refractivity contribution is 9.09. The maximum absolute atomic E-state index is 11.5. The fourth-order valence-corrected chi connectivity index (χ4v) is 7.60. The molecule has 0 bridgehead atoms. The van der Waals surface area contributed by atoms with E-state index in [4.69, 9.17) is 18.9 Å². The summed E-state index contributed by atoms with van der Waals surface area (Å²) >= 11 is 3.79. The smallest absolute Gasteiger partial charge is 0.0923 e. The molecule has 38 heavy (non-hydrogen) atoms. The van der Waals surface area contributed by atoms with Crippen LogP contribution in [0.2, 0.25) is 0 Å². The quantitative estimate of drug-likeness (QED) is 0.344. The zero-order valence-electron chi connectivity index (χ0n) is 24.9. The average molecular weight is 606 g/mol. The molecule has 4 aliphatic rings. The first-order valence-electron chi connectivity index (χ1n) is 14.8. The molecule has 0 radical (unpaired) electrons. The molecule has 7 nitrogen and oxygen atoms in total. The minimum absolute atomic E-state index is 0.0236. The molecule has 3 N–H and O–H groups in total. The van der Waals surface area contributed by atoms with Crippen LogP contribution in [0.15, 0.2) is 0 Å². The van der Waals surface area contributed by atoms with Crippen molar-refractivity contribution in [1.29, 1.82) is 0 Å². The highest BCUT2D eigenvalue weighted by Gasteiger charge is 2.55. The van der Waals surface area contributed by atoms with Gasteiger partial charge in [0, 0.05) is 4.83 Å². The van der Waals surface area contributed by atoms with E-state index in [0.717, 1.165) is 32.1 Å². The molecule has 0 spiro atoms. The first-order chi connectivity index (χ1) is 17.3. The largest absolute Gasteiger partial charge is 0.390 e. The molecule has 0 saturated carbocycles. The van der Waals surface area contributed by atoms with Crippen molar-refractivity contribution in [2.24, 2.45) is 0 Å². The summed E-state index contributed by atoms with van der Waals surface area (Å²) < 4.78 is 26.1. The zero-order chi connectivity index (χ0) is 28.4. The van der Waals surface area contributed by atoms with Crippen LogP contribution in [0.1, 0.15) is 120 Å². The summed E-state index contributed by atoms with van der Waals surface area (Å²) in [6.07, 6.45) is 6.09. The van der Waals surface area contributed by atoms with Gasteiger partial charge in [0.2, 0.25) is 0 Å². The van der Waals surface area contributed by atoms with E-state index in [1.54, 1.807) is 13.8 Å². The molecule has 10 atom stereocenters. The van der Waals surface area contributed by atoms with Crippen LogP contribution in [0.25, 0.3) is 0 Å². The van der Waals surface area contributed by atoms with Gasteiger partial charge in [0.05, 0.1) is 64.1 Å². The summed E-state index contributed by atoms with van der Waals surface area (Å²) in [5.41, 5.74) is -3.78. The van der Waals surface area contributed by atoms with Gasteiger partial charge in [-0.15, -0.1) is 0 Å². The van der Waals surface area contributed by atoms with Crippen molar-refractivity contribution in [3.8, 4) is 0 Å². The molecule has 0 aromatic carbocycles. The lowest BCUT2D eigenvalue weighted by atomic mass is 9.75. The molecule has 4 fully saturated rings. The van der Waals surface area contributed by atoms with E-state index in [1.165, 1.54) is 0 Å². The van der Waals surface area contributed by atoms with E-state index in [9.17, 15) is 15.3 Å². The van der Waals surface area contributed by atoms with Crippen LogP contribution >= 0.6 is 15.9 Å². The van der Waals surface area contributed by atoms with Crippen molar-refractivity contribution in [3.63, 3.8) is 0 Å². The number of aliphatic hydroxyl groups excluding tert-OH is 1. The molecule has 4 rings (SSSR count). The fraction of sp³-hybridized carbons (Fsp3) is 1.00. The Kier molecular flexibility index (Phi) is 8.59. The second-order valence-electron chi connectivity index (χ2n) is 14.7. The van der Waals surface area contributed by atoms with Gasteiger partial charge >= 0.3 is 0 Å². The van der Waals surface area contributed by atoms with Gasteiger partial charge in [0.1, 0.15) is 0 Å². The molecule has 4 aliphatic heterocycles. The van der Waals surface area contributed by atoms with Crippen LogP contribution in [0.5, 0.6) is 0 Å². The monoisotopic (exact) mass is 604 g/mol. The molecule has 4 heterocycles. The number of halogens is 1. The number of ether oxygens (including phenoxy) is 4. The highest BCUT2D eigenvalue weighted by atomic mass is 79.9. The Morgan fingerprint density at radius 2 is 1.45 bits per heavy atom. The lowest BCUT2D eigenvalue weighted by molar-refractivity contribution is -0.301. The minimum Gasteiger partial charge on any atom is -0.390 e. The molecule has 4 saturated heterocycles. The van der Waals surface area contributed by atoms with Crippen LogP contribution in [0, 0.1) is 0 Å². The third kappa shape index (κ3) is 6.18. The van der Waals surface area contributed by atoms with Gasteiger partial charge in [-0.2, -0.15) is 0 Å². The molecule has 0 aliphatic carbocycles. The Balaban J connectivity index is 1.33. The second kappa shape index (κ2) is 10.5. The summed E-state index contributed by atoms with van der Waals surface area (Å²) in [6, 6.07) is 0. The van der Waals surface area contributed by atoms with E-state index in [2.05, 4.69) is 43.6 Å². The van der Waals surface area contributed by atoms with Crippen molar-refractivity contribution in [1.82, 2.24) is 0 Å². The predicted molar refractivity (Wildman–Crippen MR) is 151 cm³/mol. The number of hydrogen-bond acceptors (Lipinski definition) is 7. The summed E-state index contributed by atoms with van der Waals surface area (Å²) in [6.45, 7) is 15.8. The van der Waals surface area contributed by atoms with Gasteiger partial charge in [-0.3, -0.25) is 0 Å². The third-order valence-corrected chi connectivity index (χ3v) is 11.8. The van der Waals surface area contributed by atoms with Crippen molar-refractivity contribution in [3.05, 3.63) is 0 Å². The van der Waals surface area contributed by atoms with Crippen molar-refractivity contribution < 1.29 is 34.3 Å². The lowest BCUT2D eigenvalue weighted by Gasteiger charge is -2.56. The molecule has 0 amide bonds. The number of aliphatic hydroxyl groups is 3. The minimum atomic E-state index is -1.08. The van der Waals surface area contributed by atoms with Crippen molar-refractivity contribution in [2.45, 2.75) is 189 Å². The number of rotatable bonds is 7. The zero-order valence-corrected chi connectivity index (χ0v) is 26.5. The molecule has 222 valence electrons. The molecule has 1 unspecified atom stereocenters. The van der Waals surface area contributed by atoms with E-state index >= 15 is 0 Å². The Bertz CT molecular complexity index is 843. The molecular weight excluding hydrogens is 552 g/mol. The van der Waals surface area contributed by atoms with Crippen molar-refractivity contribution >= 4 is 15.9 Å². The van der Waals surface area contributed by atoms with E-state index < -0.39 is 28.5 Å². The number of hydrogen-bond donors (Lipinski definition) is 3. The summed E-state index contributed by atoms with van der Waals surface area (Å²) in [5, 5.41) is 32.9. The van der Waals surface area contributed by atoms with Crippen LogP contribution < -0.4 is 0 Å². The van der Waals surface area contributed by atoms with Gasteiger partial charge in [-0.25, -0.2) is 0 Å². The molecule has 0 aromatic heterocycles. The van der Waals surface area contributed by atoms with E-state index in [0.29, 0.717) is 36.9 Å². The van der Waals surface area contributed by atoms with Gasteiger partial charge in [0.15, 0.2) is 0 Å². The van der Waals surface area contributed by atoms with E-state index in [-0.39, 0.29) is 35.6 Å². The standard InChI is InChI=1S/C30H53BrO7/c1-25(2,33)21-13-17-28(6,36-21)20(32)12-15-27(5,34)22-9-10-23-29(7,37-22)18-14-24(35-23)30(8)16-11-19(31)26(3,4)38-30/h19-24,32-34H,9-18H2,1-8H3/t19-,20+,21+,22?,23-,24-,27-,28+,29+,30+/m0/s1. The van der Waals surface area contributed by atoms with E-state index in [1.807, 2.05) is 13.8 Å². The highest BCUT2D eigenvalue weighted by Crippen LogP contribution is 2.49. The third-order valence-electron chi connectivity index (χ3n) is 10.3. The Hall–Kier alpha value is 0.200. The first-order valence-corrected chi connectivity index (χ1v) is 15.7. The maximum atomic E-state index is 11.5. The Morgan fingerprint density at radius 3 is 2.05 bits per heavy atom. The Labute approximate surface area is 238 Å². The first kappa shape index (κ1) is 31.1. The summed E-state index contributed by atoms with van der Waals surface area (Å²) in [4.78, 5) is 0.335. The molecular formula is C30H53BrO7. The normalized spacial score (nSPS) is 46.3. The van der Waals surface area contributed by atoms with Crippen LogP contribution in [-0.2, 0) is 18.9 Å². The lowest BCUT2D eigenvalue weighted by Crippen LogP contribution is -2.63. The van der Waals surface area contributed by atoms with Gasteiger partial charge in [-0.05, 0) is 120 Å².